The minimum absolute atomic E-state index is 0.0838. The average molecular weight is 272 g/mol. The largest absolute Gasteiger partial charge is 0.472 e. The molecular formula is C15H16N2O3. The SMILES string of the molecule is CCc1ccc(NC(=O)CNC(=O)c2ccoc2)cc1. The number of carbonyl (C=O) groups is 2. The first-order valence-electron chi connectivity index (χ1n) is 6.38. The zero-order valence-corrected chi connectivity index (χ0v) is 11.2. The van der Waals surface area contributed by atoms with Crippen molar-refractivity contribution in [1.82, 2.24) is 5.32 Å². The van der Waals surface area contributed by atoms with Crippen LogP contribution in [-0.2, 0) is 11.2 Å². The summed E-state index contributed by atoms with van der Waals surface area (Å²) in [7, 11) is 0. The molecule has 0 aliphatic carbocycles. The fourth-order valence-corrected chi connectivity index (χ4v) is 1.69. The van der Waals surface area contributed by atoms with Gasteiger partial charge in [0.05, 0.1) is 18.4 Å². The van der Waals surface area contributed by atoms with Gasteiger partial charge in [-0.05, 0) is 30.2 Å². The number of aryl methyl sites for hydroxylation is 1. The van der Waals surface area contributed by atoms with Crippen LogP contribution in [0.4, 0.5) is 5.69 Å². The minimum Gasteiger partial charge on any atom is -0.472 e. The van der Waals surface area contributed by atoms with Crippen molar-refractivity contribution in [2.45, 2.75) is 13.3 Å². The highest BCUT2D eigenvalue weighted by molar-refractivity contribution is 5.99. The second-order valence-electron chi connectivity index (χ2n) is 4.29. The summed E-state index contributed by atoms with van der Waals surface area (Å²) >= 11 is 0. The van der Waals surface area contributed by atoms with Crippen molar-refractivity contribution in [2.24, 2.45) is 0 Å². The summed E-state index contributed by atoms with van der Waals surface area (Å²) in [6.07, 6.45) is 3.69. The Bertz CT molecular complexity index is 574. The highest BCUT2D eigenvalue weighted by Gasteiger charge is 2.09. The van der Waals surface area contributed by atoms with Gasteiger partial charge < -0.3 is 15.1 Å². The third-order valence-electron chi connectivity index (χ3n) is 2.84. The van der Waals surface area contributed by atoms with Gasteiger partial charge in [0, 0.05) is 5.69 Å². The maximum absolute atomic E-state index is 11.7. The molecule has 0 saturated carbocycles. The van der Waals surface area contributed by atoms with Gasteiger partial charge in [-0.3, -0.25) is 9.59 Å². The van der Waals surface area contributed by atoms with Crippen molar-refractivity contribution >= 4 is 17.5 Å². The molecule has 20 heavy (non-hydrogen) atoms. The Balaban J connectivity index is 1.81. The maximum atomic E-state index is 11.7. The topological polar surface area (TPSA) is 71.3 Å². The smallest absolute Gasteiger partial charge is 0.254 e. The fourth-order valence-electron chi connectivity index (χ4n) is 1.69. The number of rotatable bonds is 5. The van der Waals surface area contributed by atoms with E-state index in [-0.39, 0.29) is 18.4 Å². The summed E-state index contributed by atoms with van der Waals surface area (Å²) < 4.78 is 4.80. The van der Waals surface area contributed by atoms with Gasteiger partial charge in [-0.1, -0.05) is 19.1 Å². The van der Waals surface area contributed by atoms with E-state index in [1.54, 1.807) is 0 Å². The van der Waals surface area contributed by atoms with Crippen molar-refractivity contribution in [3.8, 4) is 0 Å². The molecule has 104 valence electrons. The number of anilines is 1. The Hall–Kier alpha value is -2.56. The van der Waals surface area contributed by atoms with Gasteiger partial charge in [-0.15, -0.1) is 0 Å². The molecule has 0 aliphatic heterocycles. The average Bonchev–Trinajstić information content (AvgIpc) is 3.00. The molecule has 1 aromatic heterocycles. The summed E-state index contributed by atoms with van der Waals surface area (Å²) in [5.41, 5.74) is 2.31. The monoisotopic (exact) mass is 272 g/mol. The number of hydrogen-bond donors (Lipinski definition) is 2. The Morgan fingerprint density at radius 3 is 2.50 bits per heavy atom. The van der Waals surface area contributed by atoms with Crippen molar-refractivity contribution < 1.29 is 14.0 Å². The van der Waals surface area contributed by atoms with E-state index in [0.29, 0.717) is 11.3 Å². The molecular weight excluding hydrogens is 256 g/mol. The summed E-state index contributed by atoms with van der Waals surface area (Å²) in [4.78, 5) is 23.3. The number of amides is 2. The summed E-state index contributed by atoms with van der Waals surface area (Å²) in [5.74, 6) is -0.610. The van der Waals surface area contributed by atoms with E-state index in [1.807, 2.05) is 24.3 Å². The molecule has 0 spiro atoms. The van der Waals surface area contributed by atoms with E-state index in [4.69, 9.17) is 4.42 Å². The second kappa shape index (κ2) is 6.56. The lowest BCUT2D eigenvalue weighted by Gasteiger charge is -2.06. The number of hydrogen-bond acceptors (Lipinski definition) is 3. The quantitative estimate of drug-likeness (QED) is 0.876. The van der Waals surface area contributed by atoms with Crippen LogP contribution >= 0.6 is 0 Å². The summed E-state index contributed by atoms with van der Waals surface area (Å²) in [5, 5.41) is 5.23. The summed E-state index contributed by atoms with van der Waals surface area (Å²) in [6, 6.07) is 9.14. The Kier molecular flexibility index (Phi) is 4.55. The summed E-state index contributed by atoms with van der Waals surface area (Å²) in [6.45, 7) is 1.98. The molecule has 2 rings (SSSR count). The van der Waals surface area contributed by atoms with Gasteiger partial charge in [-0.2, -0.15) is 0 Å². The molecule has 5 nitrogen and oxygen atoms in total. The van der Waals surface area contributed by atoms with Gasteiger partial charge in [0.1, 0.15) is 6.26 Å². The first kappa shape index (κ1) is 13.9. The van der Waals surface area contributed by atoms with Crippen LogP contribution in [0.1, 0.15) is 22.8 Å². The highest BCUT2D eigenvalue weighted by Crippen LogP contribution is 2.09. The predicted molar refractivity (Wildman–Crippen MR) is 75.5 cm³/mol. The molecule has 0 radical (unpaired) electrons. The first-order valence-corrected chi connectivity index (χ1v) is 6.38. The standard InChI is InChI=1S/C15H16N2O3/c1-2-11-3-5-13(6-4-11)17-14(18)9-16-15(19)12-7-8-20-10-12/h3-8,10H,2,9H2,1H3,(H,16,19)(H,17,18). The molecule has 5 heteroatoms. The Morgan fingerprint density at radius 2 is 1.90 bits per heavy atom. The second-order valence-corrected chi connectivity index (χ2v) is 4.29. The van der Waals surface area contributed by atoms with Crippen LogP contribution in [0.15, 0.2) is 47.3 Å². The van der Waals surface area contributed by atoms with Crippen molar-refractivity contribution in [1.29, 1.82) is 0 Å². The lowest BCUT2D eigenvalue weighted by atomic mass is 10.1. The van der Waals surface area contributed by atoms with Gasteiger partial charge >= 0.3 is 0 Å². The first-order chi connectivity index (χ1) is 9.69. The molecule has 0 bridgehead atoms. The van der Waals surface area contributed by atoms with Crippen LogP contribution in [0.3, 0.4) is 0 Å². The third-order valence-corrected chi connectivity index (χ3v) is 2.84. The third kappa shape index (κ3) is 3.71. The number of benzene rings is 1. The zero-order chi connectivity index (χ0) is 14.4. The molecule has 2 aromatic rings. The van der Waals surface area contributed by atoms with Crippen LogP contribution in [0.2, 0.25) is 0 Å². The van der Waals surface area contributed by atoms with E-state index < -0.39 is 0 Å². The molecule has 2 N–H and O–H groups in total. The Labute approximate surface area is 117 Å². The molecule has 0 unspecified atom stereocenters. The van der Waals surface area contributed by atoms with Gasteiger partial charge in [0.25, 0.3) is 5.91 Å². The van der Waals surface area contributed by atoms with Crippen LogP contribution in [0.5, 0.6) is 0 Å². The molecule has 0 atom stereocenters. The molecule has 0 saturated heterocycles. The van der Waals surface area contributed by atoms with Gasteiger partial charge in [-0.25, -0.2) is 0 Å². The van der Waals surface area contributed by atoms with Crippen molar-refractivity contribution in [2.75, 3.05) is 11.9 Å². The van der Waals surface area contributed by atoms with Crippen LogP contribution in [0, 0.1) is 0 Å². The van der Waals surface area contributed by atoms with Crippen molar-refractivity contribution in [3.05, 3.63) is 54.0 Å². The molecule has 1 aromatic carbocycles. The van der Waals surface area contributed by atoms with Crippen molar-refractivity contribution in [3.63, 3.8) is 0 Å². The van der Waals surface area contributed by atoms with Gasteiger partial charge in [0.15, 0.2) is 0 Å². The molecule has 1 heterocycles. The number of furan rings is 1. The van der Waals surface area contributed by atoms with Crippen LogP contribution in [-0.4, -0.2) is 18.4 Å². The Morgan fingerprint density at radius 1 is 1.15 bits per heavy atom. The van der Waals surface area contributed by atoms with E-state index in [9.17, 15) is 9.59 Å². The molecule has 2 amide bonds. The number of carbonyl (C=O) groups excluding carboxylic acids is 2. The fraction of sp³-hybridized carbons (Fsp3) is 0.200. The maximum Gasteiger partial charge on any atom is 0.254 e. The van der Waals surface area contributed by atoms with Crippen LogP contribution in [0.25, 0.3) is 0 Å². The molecule has 0 fully saturated rings. The lowest BCUT2D eigenvalue weighted by Crippen LogP contribution is -2.32. The minimum atomic E-state index is -0.338. The van der Waals surface area contributed by atoms with Crippen LogP contribution < -0.4 is 10.6 Å². The van der Waals surface area contributed by atoms with E-state index >= 15 is 0 Å². The lowest BCUT2D eigenvalue weighted by molar-refractivity contribution is -0.115. The predicted octanol–water partition coefficient (Wildman–Crippen LogP) is 2.21. The zero-order valence-electron chi connectivity index (χ0n) is 11.2. The normalized spacial score (nSPS) is 10.1. The molecule has 0 aliphatic rings. The van der Waals surface area contributed by atoms with E-state index in [1.165, 1.54) is 24.2 Å². The van der Waals surface area contributed by atoms with E-state index in [2.05, 4.69) is 17.6 Å². The number of nitrogens with one attached hydrogen (secondary N) is 2. The highest BCUT2D eigenvalue weighted by atomic mass is 16.3. The van der Waals surface area contributed by atoms with Gasteiger partial charge in [0.2, 0.25) is 5.91 Å². The van der Waals surface area contributed by atoms with E-state index in [0.717, 1.165) is 6.42 Å².